The minimum atomic E-state index is -0.928. The normalized spacial score (nSPS) is 21.1. The number of β-lactam (4-membered cyclic amide) rings is 1. The third-order valence-corrected chi connectivity index (χ3v) is 7.51. The Morgan fingerprint density at radius 3 is 2.58 bits per heavy atom. The molecule has 194 valence electrons. The van der Waals surface area contributed by atoms with Crippen molar-refractivity contribution in [2.45, 2.75) is 70.9 Å². The van der Waals surface area contributed by atoms with Gasteiger partial charge in [-0.3, -0.25) is 19.4 Å². The van der Waals surface area contributed by atoms with Gasteiger partial charge in [-0.1, -0.05) is 26.2 Å². The van der Waals surface area contributed by atoms with E-state index in [1.807, 2.05) is 27.0 Å². The van der Waals surface area contributed by atoms with Gasteiger partial charge < -0.3 is 15.6 Å². The molecule has 2 aromatic rings. The highest BCUT2D eigenvalue weighted by molar-refractivity contribution is 6.12. The van der Waals surface area contributed by atoms with Crippen LogP contribution in [0.1, 0.15) is 56.7 Å². The molecule has 1 aliphatic carbocycles. The molecule has 10 nitrogen and oxygen atoms in total. The molecule has 4 amide bonds. The molecule has 0 spiro atoms. The number of carbonyl (C=O) groups is 3. The van der Waals surface area contributed by atoms with Gasteiger partial charge in [0.05, 0.1) is 12.2 Å². The maximum absolute atomic E-state index is 13.7. The number of nitrogens with two attached hydrogens (primary N) is 1. The molecule has 2 aliphatic rings. The molecule has 0 unspecified atom stereocenters. The zero-order valence-corrected chi connectivity index (χ0v) is 21.6. The zero-order chi connectivity index (χ0) is 26.0. The number of imidazole rings is 1. The van der Waals surface area contributed by atoms with E-state index in [1.165, 1.54) is 11.3 Å². The van der Waals surface area contributed by atoms with Crippen molar-refractivity contribution in [3.8, 4) is 0 Å². The van der Waals surface area contributed by atoms with Crippen LogP contribution in [0, 0.1) is 18.8 Å². The first-order valence-corrected chi connectivity index (χ1v) is 12.8. The minimum absolute atomic E-state index is 0.0171. The van der Waals surface area contributed by atoms with Crippen molar-refractivity contribution >= 4 is 29.5 Å². The summed E-state index contributed by atoms with van der Waals surface area (Å²) in [7, 11) is 3.43. The molecule has 0 aromatic carbocycles. The lowest BCUT2D eigenvalue weighted by atomic mass is 9.81. The number of pyridine rings is 1. The van der Waals surface area contributed by atoms with Gasteiger partial charge in [-0.05, 0) is 56.2 Å². The number of nitrogens with one attached hydrogen (secondary N) is 1. The largest absolute Gasteiger partial charge is 0.384 e. The summed E-state index contributed by atoms with van der Waals surface area (Å²) >= 11 is 0. The molecule has 1 aliphatic heterocycles. The van der Waals surface area contributed by atoms with Gasteiger partial charge in [-0.25, -0.2) is 14.8 Å². The minimum Gasteiger partial charge on any atom is -0.384 e. The van der Waals surface area contributed by atoms with Gasteiger partial charge in [0.2, 0.25) is 5.91 Å². The molecule has 3 atom stereocenters. The molecular weight excluding hydrogens is 458 g/mol. The van der Waals surface area contributed by atoms with Crippen molar-refractivity contribution in [2.75, 3.05) is 17.7 Å². The Morgan fingerprint density at radius 2 is 1.97 bits per heavy atom. The maximum Gasteiger partial charge on any atom is 0.325 e. The molecule has 10 heteroatoms. The predicted octanol–water partition coefficient (Wildman–Crippen LogP) is 2.81. The van der Waals surface area contributed by atoms with E-state index < -0.39 is 18.0 Å². The summed E-state index contributed by atoms with van der Waals surface area (Å²) in [6, 6.07) is 2.13. The van der Waals surface area contributed by atoms with Crippen molar-refractivity contribution in [1.29, 1.82) is 0 Å². The lowest BCUT2D eigenvalue weighted by Crippen LogP contribution is -2.71. The number of rotatable bonds is 7. The third-order valence-electron chi connectivity index (χ3n) is 7.51. The van der Waals surface area contributed by atoms with Gasteiger partial charge in [0, 0.05) is 32.0 Å². The van der Waals surface area contributed by atoms with Gasteiger partial charge in [-0.2, -0.15) is 0 Å². The van der Waals surface area contributed by atoms with Gasteiger partial charge >= 0.3 is 6.03 Å². The summed E-state index contributed by atoms with van der Waals surface area (Å²) in [5.74, 6) is -0.167. The van der Waals surface area contributed by atoms with Crippen LogP contribution in [0.2, 0.25) is 0 Å². The molecule has 3 N–H and O–H groups in total. The van der Waals surface area contributed by atoms with Crippen LogP contribution < -0.4 is 16.0 Å². The predicted molar refractivity (Wildman–Crippen MR) is 137 cm³/mol. The lowest BCUT2D eigenvalue weighted by Gasteiger charge is -2.46. The summed E-state index contributed by atoms with van der Waals surface area (Å²) in [6.45, 7) is 3.88. The first kappa shape index (κ1) is 25.7. The average molecular weight is 496 g/mol. The summed E-state index contributed by atoms with van der Waals surface area (Å²) < 4.78 is 1.74. The van der Waals surface area contributed by atoms with Crippen LogP contribution in [0.25, 0.3) is 0 Å². The number of hydrogen-bond donors (Lipinski definition) is 2. The number of likely N-dealkylation sites (N-methyl/N-ethyl adjacent to an activating group) is 1. The van der Waals surface area contributed by atoms with Crippen molar-refractivity contribution < 1.29 is 14.4 Å². The van der Waals surface area contributed by atoms with Crippen LogP contribution >= 0.6 is 0 Å². The molecular formula is C26H37N7O3. The van der Waals surface area contributed by atoms with E-state index in [1.54, 1.807) is 30.2 Å². The summed E-state index contributed by atoms with van der Waals surface area (Å²) in [5.41, 5.74) is 7.46. The number of aryl methyl sites for hydroxylation is 2. The number of carbonyl (C=O) groups excluding carboxylic acids is 3. The molecule has 0 radical (unpaired) electrons. The van der Waals surface area contributed by atoms with E-state index in [4.69, 9.17) is 5.73 Å². The summed E-state index contributed by atoms with van der Waals surface area (Å²) in [4.78, 5) is 51.4. The van der Waals surface area contributed by atoms with Crippen LogP contribution in [0.15, 0.2) is 24.7 Å². The average Bonchev–Trinajstić information content (AvgIpc) is 3.29. The van der Waals surface area contributed by atoms with Gasteiger partial charge in [0.1, 0.15) is 11.9 Å². The fourth-order valence-electron chi connectivity index (χ4n) is 5.60. The van der Waals surface area contributed by atoms with Crippen molar-refractivity contribution in [3.63, 3.8) is 0 Å². The van der Waals surface area contributed by atoms with Crippen molar-refractivity contribution in [2.24, 2.45) is 18.9 Å². The number of hydrogen-bond acceptors (Lipinski definition) is 6. The SMILES string of the molecule is CC[C@@H](NC(=O)N1C(=O)[C@H](Cc2cc(C)nc(N)c2)[C@H]1C(=O)N(C)c1cn(C)cn1)C1CCCCC1. The zero-order valence-electron chi connectivity index (χ0n) is 21.6. The summed E-state index contributed by atoms with van der Waals surface area (Å²) in [6.07, 6.45) is 10.1. The number of likely N-dealkylation sites (tertiary alicyclic amines) is 1. The first-order valence-electron chi connectivity index (χ1n) is 12.8. The van der Waals surface area contributed by atoms with Crippen LogP contribution in [0.5, 0.6) is 0 Å². The molecule has 2 aromatic heterocycles. The van der Waals surface area contributed by atoms with E-state index in [0.717, 1.165) is 48.3 Å². The Morgan fingerprint density at radius 1 is 1.25 bits per heavy atom. The highest BCUT2D eigenvalue weighted by Gasteiger charge is 2.55. The third kappa shape index (κ3) is 5.22. The maximum atomic E-state index is 13.7. The monoisotopic (exact) mass is 495 g/mol. The fraction of sp³-hybridized carbons (Fsp3) is 0.577. The van der Waals surface area contributed by atoms with E-state index in [-0.39, 0.29) is 17.9 Å². The topological polar surface area (TPSA) is 126 Å². The molecule has 1 saturated carbocycles. The standard InChI is InChI=1S/C26H37N7O3/c1-5-20(18-9-7-6-8-10-18)30-26(36)33-23(25(35)32(4)22-14-31(3)15-28-22)19(24(33)34)12-17-11-16(2)29-21(27)13-17/h11,13-15,18-20,23H,5-10,12H2,1-4H3,(H2,27,29)(H,30,36)/t19-,20-,23+/m1/s1. The number of urea groups is 1. The van der Waals surface area contributed by atoms with Crippen LogP contribution in [0.3, 0.4) is 0 Å². The second-order valence-corrected chi connectivity index (χ2v) is 10.2. The number of nitrogens with zero attached hydrogens (tertiary/aromatic N) is 5. The molecule has 36 heavy (non-hydrogen) atoms. The Kier molecular flexibility index (Phi) is 7.61. The fourth-order valence-corrected chi connectivity index (χ4v) is 5.60. The molecule has 0 bridgehead atoms. The van der Waals surface area contributed by atoms with Crippen LogP contribution in [0.4, 0.5) is 16.4 Å². The smallest absolute Gasteiger partial charge is 0.325 e. The Labute approximate surface area is 212 Å². The number of anilines is 2. The lowest BCUT2D eigenvalue weighted by molar-refractivity contribution is -0.156. The molecule has 1 saturated heterocycles. The van der Waals surface area contributed by atoms with Crippen molar-refractivity contribution in [3.05, 3.63) is 35.9 Å². The Hall–Kier alpha value is -3.43. The second-order valence-electron chi connectivity index (χ2n) is 10.2. The van der Waals surface area contributed by atoms with Crippen LogP contribution in [-0.4, -0.2) is 56.4 Å². The van der Waals surface area contributed by atoms with Crippen LogP contribution in [-0.2, 0) is 23.1 Å². The quantitative estimate of drug-likeness (QED) is 0.569. The number of imide groups is 1. The highest BCUT2D eigenvalue weighted by atomic mass is 16.2. The van der Waals surface area contributed by atoms with E-state index >= 15 is 0 Å². The molecule has 4 rings (SSSR count). The Bertz CT molecular complexity index is 1100. The van der Waals surface area contributed by atoms with Crippen molar-refractivity contribution in [1.82, 2.24) is 24.8 Å². The van der Waals surface area contributed by atoms with Gasteiger partial charge in [-0.15, -0.1) is 0 Å². The molecule has 2 fully saturated rings. The van der Waals surface area contributed by atoms with E-state index in [2.05, 4.69) is 15.3 Å². The van der Waals surface area contributed by atoms with Gasteiger partial charge in [0.25, 0.3) is 5.91 Å². The van der Waals surface area contributed by atoms with Gasteiger partial charge in [0.15, 0.2) is 5.82 Å². The second kappa shape index (κ2) is 10.7. The Balaban J connectivity index is 1.57. The summed E-state index contributed by atoms with van der Waals surface area (Å²) in [5, 5.41) is 3.08. The molecule has 3 heterocycles. The highest BCUT2D eigenvalue weighted by Crippen LogP contribution is 2.34. The first-order chi connectivity index (χ1) is 17.2. The number of aromatic nitrogens is 3. The van der Waals surface area contributed by atoms with E-state index in [9.17, 15) is 14.4 Å². The number of amides is 4. The van der Waals surface area contributed by atoms with E-state index in [0.29, 0.717) is 24.0 Å². The number of nitrogen functional groups attached to an aromatic ring is 1.